The molecule has 29 heavy (non-hydrogen) atoms. The second kappa shape index (κ2) is 8.91. The van der Waals surface area contributed by atoms with E-state index < -0.39 is 6.04 Å². The van der Waals surface area contributed by atoms with Crippen molar-refractivity contribution in [2.45, 2.75) is 38.7 Å². The van der Waals surface area contributed by atoms with Crippen molar-refractivity contribution in [3.05, 3.63) is 65.7 Å². The Labute approximate surface area is 176 Å². The molecule has 1 fully saturated rings. The van der Waals surface area contributed by atoms with E-state index in [4.69, 9.17) is 4.74 Å². The molecule has 0 saturated carbocycles. The Balaban J connectivity index is 1.81. The van der Waals surface area contributed by atoms with Crippen molar-refractivity contribution < 1.29 is 14.3 Å². The number of nitrogens with one attached hydrogen (secondary N) is 1. The summed E-state index contributed by atoms with van der Waals surface area (Å²) in [6, 6.07) is 16.3. The number of hydrogen-bond donors (Lipinski definition) is 1. The zero-order valence-electron chi connectivity index (χ0n) is 17.3. The van der Waals surface area contributed by atoms with E-state index in [2.05, 4.69) is 26.1 Å². The summed E-state index contributed by atoms with van der Waals surface area (Å²) in [7, 11) is 1.59. The Morgan fingerprint density at radius 1 is 1.10 bits per heavy atom. The number of methoxy groups -OCH3 is 1. The van der Waals surface area contributed by atoms with Crippen LogP contribution in [-0.2, 0) is 11.3 Å². The third-order valence-electron chi connectivity index (χ3n) is 4.92. The molecule has 1 saturated heterocycles. The van der Waals surface area contributed by atoms with E-state index in [1.54, 1.807) is 48.0 Å². The van der Waals surface area contributed by atoms with Crippen LogP contribution >= 0.6 is 11.8 Å². The molecule has 2 unspecified atom stereocenters. The van der Waals surface area contributed by atoms with Crippen LogP contribution in [0.3, 0.4) is 0 Å². The molecule has 1 aliphatic heterocycles. The quantitative estimate of drug-likeness (QED) is 0.808. The summed E-state index contributed by atoms with van der Waals surface area (Å²) in [5.74, 6) is 1.04. The first-order valence-electron chi connectivity index (χ1n) is 9.71. The maximum atomic E-state index is 13.4. The summed E-state index contributed by atoms with van der Waals surface area (Å²) in [5.41, 5.74) is 1.44. The van der Waals surface area contributed by atoms with Crippen molar-refractivity contribution >= 4 is 23.6 Å². The number of benzene rings is 2. The minimum atomic E-state index is -0.498. The van der Waals surface area contributed by atoms with Crippen LogP contribution in [0.2, 0.25) is 0 Å². The summed E-state index contributed by atoms with van der Waals surface area (Å²) in [5, 5.41) is 2.92. The number of hydrogen-bond acceptors (Lipinski definition) is 4. The van der Waals surface area contributed by atoms with Gasteiger partial charge in [-0.05, 0) is 35.2 Å². The van der Waals surface area contributed by atoms with Crippen LogP contribution in [0, 0.1) is 5.41 Å². The number of carbonyl (C=O) groups is 2. The SMILES string of the molecule is COc1ccc(C(=O)N2C(C(=O)NCc3ccccc3)CSC2C(C)(C)C)cc1. The van der Waals surface area contributed by atoms with Gasteiger partial charge in [-0.2, -0.15) is 0 Å². The highest BCUT2D eigenvalue weighted by Gasteiger charge is 2.46. The smallest absolute Gasteiger partial charge is 0.255 e. The van der Waals surface area contributed by atoms with Crippen LogP contribution in [0.15, 0.2) is 54.6 Å². The predicted octanol–water partition coefficient (Wildman–Crippen LogP) is 3.94. The monoisotopic (exact) mass is 412 g/mol. The van der Waals surface area contributed by atoms with Crippen molar-refractivity contribution in [3.63, 3.8) is 0 Å². The first kappa shape index (κ1) is 21.2. The number of nitrogens with zero attached hydrogens (tertiary/aromatic N) is 1. The largest absolute Gasteiger partial charge is 0.497 e. The van der Waals surface area contributed by atoms with Crippen LogP contribution in [0.1, 0.15) is 36.7 Å². The van der Waals surface area contributed by atoms with E-state index in [1.165, 1.54) is 0 Å². The minimum Gasteiger partial charge on any atom is -0.497 e. The summed E-state index contributed by atoms with van der Waals surface area (Å²) < 4.78 is 5.19. The zero-order valence-corrected chi connectivity index (χ0v) is 18.2. The van der Waals surface area contributed by atoms with Gasteiger partial charge in [-0.25, -0.2) is 0 Å². The van der Waals surface area contributed by atoms with Crippen molar-refractivity contribution in [1.29, 1.82) is 0 Å². The lowest BCUT2D eigenvalue weighted by molar-refractivity contribution is -0.125. The van der Waals surface area contributed by atoms with Crippen LogP contribution in [0.25, 0.3) is 0 Å². The summed E-state index contributed by atoms with van der Waals surface area (Å²) in [6.07, 6.45) is 0. The molecule has 3 rings (SSSR count). The van der Waals surface area contributed by atoms with E-state index in [1.807, 2.05) is 30.3 Å². The Kier molecular flexibility index (Phi) is 6.52. The molecule has 2 aromatic carbocycles. The fourth-order valence-electron chi connectivity index (χ4n) is 3.41. The van der Waals surface area contributed by atoms with Gasteiger partial charge in [-0.15, -0.1) is 11.8 Å². The van der Waals surface area contributed by atoms with Gasteiger partial charge in [-0.1, -0.05) is 51.1 Å². The molecule has 2 atom stereocenters. The Morgan fingerprint density at radius 2 is 1.76 bits per heavy atom. The highest BCUT2D eigenvalue weighted by Crippen LogP contribution is 2.41. The fourth-order valence-corrected chi connectivity index (χ4v) is 4.99. The Bertz CT molecular complexity index is 847. The van der Waals surface area contributed by atoms with Gasteiger partial charge in [0.25, 0.3) is 5.91 Å². The summed E-state index contributed by atoms with van der Waals surface area (Å²) in [4.78, 5) is 28.1. The van der Waals surface area contributed by atoms with E-state index in [0.29, 0.717) is 23.6 Å². The van der Waals surface area contributed by atoms with Gasteiger partial charge < -0.3 is 15.0 Å². The maximum absolute atomic E-state index is 13.4. The first-order chi connectivity index (χ1) is 13.8. The molecule has 0 bridgehead atoms. The van der Waals surface area contributed by atoms with Gasteiger partial charge >= 0.3 is 0 Å². The minimum absolute atomic E-state index is 0.0791. The number of thioether (sulfide) groups is 1. The molecule has 0 spiro atoms. The standard InChI is InChI=1S/C23H28N2O3S/c1-23(2,3)22-25(21(27)17-10-12-18(28-4)13-11-17)19(15-29-22)20(26)24-14-16-8-6-5-7-9-16/h5-13,19,22H,14-15H2,1-4H3,(H,24,26). The fraction of sp³-hybridized carbons (Fsp3) is 0.391. The molecule has 1 aliphatic rings. The number of carbonyl (C=O) groups excluding carboxylic acids is 2. The average molecular weight is 413 g/mol. The summed E-state index contributed by atoms with van der Waals surface area (Å²) >= 11 is 1.67. The van der Waals surface area contributed by atoms with E-state index in [0.717, 1.165) is 5.56 Å². The van der Waals surface area contributed by atoms with E-state index in [-0.39, 0.29) is 22.6 Å². The molecule has 0 aliphatic carbocycles. The average Bonchev–Trinajstić information content (AvgIpc) is 3.18. The van der Waals surface area contributed by atoms with Gasteiger partial charge in [0.1, 0.15) is 11.8 Å². The lowest BCUT2D eigenvalue weighted by Crippen LogP contribution is -2.52. The molecule has 6 heteroatoms. The zero-order chi connectivity index (χ0) is 21.0. The lowest BCUT2D eigenvalue weighted by Gasteiger charge is -2.36. The van der Waals surface area contributed by atoms with Gasteiger partial charge in [0.2, 0.25) is 5.91 Å². The van der Waals surface area contributed by atoms with Gasteiger partial charge in [-0.3, -0.25) is 9.59 Å². The number of rotatable bonds is 5. The lowest BCUT2D eigenvalue weighted by atomic mass is 9.94. The number of ether oxygens (including phenoxy) is 1. The molecule has 2 amide bonds. The van der Waals surface area contributed by atoms with Crippen molar-refractivity contribution in [3.8, 4) is 5.75 Å². The topological polar surface area (TPSA) is 58.6 Å². The molecular weight excluding hydrogens is 384 g/mol. The molecule has 0 radical (unpaired) electrons. The second-order valence-corrected chi connectivity index (χ2v) is 9.33. The van der Waals surface area contributed by atoms with E-state index >= 15 is 0 Å². The second-order valence-electron chi connectivity index (χ2n) is 8.21. The highest BCUT2D eigenvalue weighted by atomic mass is 32.2. The molecule has 154 valence electrons. The summed E-state index contributed by atoms with van der Waals surface area (Å²) in [6.45, 7) is 6.75. The van der Waals surface area contributed by atoms with Gasteiger partial charge in [0.05, 0.1) is 12.5 Å². The molecule has 1 heterocycles. The van der Waals surface area contributed by atoms with E-state index in [9.17, 15) is 9.59 Å². The van der Waals surface area contributed by atoms with Crippen molar-refractivity contribution in [1.82, 2.24) is 10.2 Å². The van der Waals surface area contributed by atoms with Gasteiger partial charge in [0, 0.05) is 17.9 Å². The van der Waals surface area contributed by atoms with Crippen molar-refractivity contribution in [2.24, 2.45) is 5.41 Å². The Morgan fingerprint density at radius 3 is 2.34 bits per heavy atom. The third-order valence-corrected chi connectivity index (χ3v) is 6.68. The van der Waals surface area contributed by atoms with Crippen LogP contribution in [0.4, 0.5) is 0 Å². The normalized spacial score (nSPS) is 19.1. The molecular formula is C23H28N2O3S. The maximum Gasteiger partial charge on any atom is 0.255 e. The van der Waals surface area contributed by atoms with Crippen LogP contribution in [-0.4, -0.2) is 41.0 Å². The van der Waals surface area contributed by atoms with Crippen molar-refractivity contribution in [2.75, 3.05) is 12.9 Å². The first-order valence-corrected chi connectivity index (χ1v) is 10.8. The highest BCUT2D eigenvalue weighted by molar-refractivity contribution is 8.00. The molecule has 5 nitrogen and oxygen atoms in total. The van der Waals surface area contributed by atoms with Gasteiger partial charge in [0.15, 0.2) is 0 Å². The Hall–Kier alpha value is -2.47. The molecule has 1 N–H and O–H groups in total. The molecule has 0 aromatic heterocycles. The number of amides is 2. The predicted molar refractivity (Wildman–Crippen MR) is 117 cm³/mol. The van der Waals surface area contributed by atoms with Crippen LogP contribution < -0.4 is 10.1 Å². The third kappa shape index (κ3) is 4.93. The van der Waals surface area contributed by atoms with Crippen LogP contribution in [0.5, 0.6) is 5.75 Å². The molecule has 2 aromatic rings.